The standard InChI is InChI=1S/C34H56N8O7/c1-33(2,3)48-31(45)40-27(38-29(43)35-7)36-20-14-8-9-15-21-42-22-16-10-11-17-23-47-26-19-13-12-18-25(26)24-37-28(39-30(42)44)41-32(46)49-34(4,5)6/h12-13,18-19H,8-11,14-17,20-24H2,1-7H3,(H2,37,39,41,44,46)(H3,35,36,38,40,43,45). The van der Waals surface area contributed by atoms with Gasteiger partial charge in [-0.1, -0.05) is 43.9 Å². The van der Waals surface area contributed by atoms with Crippen molar-refractivity contribution in [3.8, 4) is 5.75 Å². The van der Waals surface area contributed by atoms with Gasteiger partial charge in [-0.05, 0) is 73.3 Å². The molecule has 0 spiro atoms. The summed E-state index contributed by atoms with van der Waals surface area (Å²) >= 11 is 0. The Hall–Kier alpha value is -4.56. The van der Waals surface area contributed by atoms with Crippen molar-refractivity contribution in [1.29, 1.82) is 0 Å². The van der Waals surface area contributed by atoms with Crippen LogP contribution in [0.3, 0.4) is 0 Å². The lowest BCUT2D eigenvalue weighted by Gasteiger charge is -2.24. The number of aliphatic imine (C=N–C) groups is 2. The zero-order valence-corrected chi connectivity index (χ0v) is 30.2. The zero-order chi connectivity index (χ0) is 36.3. The van der Waals surface area contributed by atoms with Crippen LogP contribution in [0.1, 0.15) is 98.5 Å². The minimum atomic E-state index is -0.733. The highest BCUT2D eigenvalue weighted by molar-refractivity contribution is 6.03. The van der Waals surface area contributed by atoms with E-state index in [9.17, 15) is 19.2 Å². The highest BCUT2D eigenvalue weighted by atomic mass is 16.6. The number of para-hydroxylation sites is 1. The zero-order valence-electron chi connectivity index (χ0n) is 30.2. The molecule has 0 saturated heterocycles. The molecule has 1 aliphatic rings. The molecular weight excluding hydrogens is 632 g/mol. The van der Waals surface area contributed by atoms with Crippen molar-refractivity contribution in [3.63, 3.8) is 0 Å². The summed E-state index contributed by atoms with van der Waals surface area (Å²) in [5.41, 5.74) is -0.609. The maximum Gasteiger partial charge on any atom is 0.414 e. The summed E-state index contributed by atoms with van der Waals surface area (Å²) in [5.74, 6) is 0.710. The highest BCUT2D eigenvalue weighted by Gasteiger charge is 2.21. The molecule has 49 heavy (non-hydrogen) atoms. The Bertz CT molecular complexity index is 1290. The first-order valence-corrected chi connectivity index (χ1v) is 17.0. The SMILES string of the molecule is CNC(=O)NC(=NCCCCCCN1CCCCCCOc2ccccc2CN=C(NC(=O)OC(C)(C)C)NC1=O)NC(=O)OC(C)(C)C. The molecule has 1 heterocycles. The molecule has 0 saturated carbocycles. The Labute approximate surface area is 290 Å². The summed E-state index contributed by atoms with van der Waals surface area (Å²) < 4.78 is 16.7. The maximum atomic E-state index is 13.5. The monoisotopic (exact) mass is 688 g/mol. The third kappa shape index (κ3) is 18.5. The molecule has 15 nitrogen and oxygen atoms in total. The number of fused-ring (bicyclic) bond motifs is 1. The fraction of sp³-hybridized carbons (Fsp3) is 0.647. The van der Waals surface area contributed by atoms with E-state index in [4.69, 9.17) is 14.2 Å². The number of amides is 6. The number of carbonyl (C=O) groups is 4. The fourth-order valence-corrected chi connectivity index (χ4v) is 4.53. The van der Waals surface area contributed by atoms with Crippen LogP contribution in [0, 0.1) is 0 Å². The van der Waals surface area contributed by atoms with Crippen LogP contribution in [0.25, 0.3) is 0 Å². The predicted octanol–water partition coefficient (Wildman–Crippen LogP) is 5.40. The Morgan fingerprint density at radius 3 is 2.31 bits per heavy atom. The molecular formula is C34H56N8O7. The van der Waals surface area contributed by atoms with E-state index in [1.54, 1.807) is 46.4 Å². The highest BCUT2D eigenvalue weighted by Crippen LogP contribution is 2.20. The summed E-state index contributed by atoms with van der Waals surface area (Å²) in [6.45, 7) is 12.7. The van der Waals surface area contributed by atoms with Gasteiger partial charge in [0.15, 0.2) is 0 Å². The van der Waals surface area contributed by atoms with Crippen LogP contribution in [-0.2, 0) is 16.0 Å². The molecule has 2 rings (SSSR count). The first-order valence-electron chi connectivity index (χ1n) is 17.0. The number of hydrogen-bond donors (Lipinski definition) is 5. The van der Waals surface area contributed by atoms with E-state index in [1.165, 1.54) is 7.05 Å². The number of nitrogens with zero attached hydrogens (tertiary/aromatic N) is 3. The number of hydrogen-bond acceptors (Lipinski definition) is 9. The van der Waals surface area contributed by atoms with Crippen LogP contribution in [0.4, 0.5) is 19.2 Å². The van der Waals surface area contributed by atoms with Crippen LogP contribution >= 0.6 is 0 Å². The van der Waals surface area contributed by atoms with Crippen molar-refractivity contribution in [2.24, 2.45) is 9.98 Å². The first-order chi connectivity index (χ1) is 23.1. The summed E-state index contributed by atoms with van der Waals surface area (Å²) in [6, 6.07) is 6.69. The van der Waals surface area contributed by atoms with E-state index in [2.05, 4.69) is 36.6 Å². The van der Waals surface area contributed by atoms with Crippen molar-refractivity contribution in [3.05, 3.63) is 29.8 Å². The van der Waals surface area contributed by atoms with Gasteiger partial charge in [-0.25, -0.2) is 24.2 Å². The van der Waals surface area contributed by atoms with Gasteiger partial charge in [0.2, 0.25) is 11.9 Å². The molecule has 0 bridgehead atoms. The second kappa shape index (κ2) is 20.7. The minimum Gasteiger partial charge on any atom is -0.493 e. The minimum absolute atomic E-state index is 0.000629. The van der Waals surface area contributed by atoms with Crippen LogP contribution in [0.15, 0.2) is 34.3 Å². The quantitative estimate of drug-likeness (QED) is 0.144. The Kier molecular flexibility index (Phi) is 17.2. The van der Waals surface area contributed by atoms with Crippen molar-refractivity contribution in [1.82, 2.24) is 31.5 Å². The van der Waals surface area contributed by atoms with Crippen molar-refractivity contribution >= 4 is 36.2 Å². The molecule has 15 heteroatoms. The van der Waals surface area contributed by atoms with Gasteiger partial charge >= 0.3 is 24.2 Å². The topological polar surface area (TPSA) is 184 Å². The van der Waals surface area contributed by atoms with Gasteiger partial charge in [-0.2, -0.15) is 0 Å². The summed E-state index contributed by atoms with van der Waals surface area (Å²) in [6.07, 6.45) is 5.24. The van der Waals surface area contributed by atoms with E-state index in [0.29, 0.717) is 32.7 Å². The molecule has 0 radical (unpaired) electrons. The van der Waals surface area contributed by atoms with Crippen LogP contribution in [0.5, 0.6) is 5.75 Å². The summed E-state index contributed by atoms with van der Waals surface area (Å²) in [4.78, 5) is 60.7. The molecule has 1 aromatic carbocycles. The van der Waals surface area contributed by atoms with E-state index < -0.39 is 29.4 Å². The molecule has 0 unspecified atom stereocenters. The lowest BCUT2D eigenvalue weighted by atomic mass is 10.1. The second-order valence-electron chi connectivity index (χ2n) is 13.6. The number of urea groups is 2. The number of rotatable bonds is 7. The Morgan fingerprint density at radius 2 is 1.59 bits per heavy atom. The van der Waals surface area contributed by atoms with Crippen LogP contribution < -0.4 is 31.3 Å². The second-order valence-corrected chi connectivity index (χ2v) is 13.6. The van der Waals surface area contributed by atoms with Crippen LogP contribution in [0.2, 0.25) is 0 Å². The average molecular weight is 689 g/mol. The number of guanidine groups is 2. The number of unbranched alkanes of at least 4 members (excludes halogenated alkanes) is 3. The van der Waals surface area contributed by atoms with E-state index in [-0.39, 0.29) is 24.5 Å². The number of ether oxygens (including phenoxy) is 3. The van der Waals surface area contributed by atoms with Gasteiger partial charge in [0.25, 0.3) is 0 Å². The van der Waals surface area contributed by atoms with E-state index >= 15 is 0 Å². The third-order valence-electron chi connectivity index (χ3n) is 6.78. The largest absolute Gasteiger partial charge is 0.493 e. The normalized spacial score (nSPS) is 15.2. The van der Waals surface area contributed by atoms with Gasteiger partial charge in [-0.15, -0.1) is 0 Å². The molecule has 0 atom stereocenters. The van der Waals surface area contributed by atoms with Gasteiger partial charge in [0.05, 0.1) is 13.2 Å². The van der Waals surface area contributed by atoms with E-state index in [1.807, 2.05) is 24.3 Å². The van der Waals surface area contributed by atoms with Gasteiger partial charge in [-0.3, -0.25) is 26.3 Å². The molecule has 274 valence electrons. The van der Waals surface area contributed by atoms with E-state index in [0.717, 1.165) is 56.3 Å². The van der Waals surface area contributed by atoms with Crippen LogP contribution in [-0.4, -0.2) is 85.6 Å². The smallest absolute Gasteiger partial charge is 0.414 e. The fourth-order valence-electron chi connectivity index (χ4n) is 4.53. The number of carbonyl (C=O) groups excluding carboxylic acids is 4. The third-order valence-corrected chi connectivity index (χ3v) is 6.78. The predicted molar refractivity (Wildman–Crippen MR) is 189 cm³/mol. The van der Waals surface area contributed by atoms with Gasteiger partial charge in [0.1, 0.15) is 17.0 Å². The van der Waals surface area contributed by atoms with Gasteiger partial charge in [0, 0.05) is 32.2 Å². The van der Waals surface area contributed by atoms with Gasteiger partial charge < -0.3 is 24.4 Å². The lowest BCUT2D eigenvalue weighted by Crippen LogP contribution is -2.50. The maximum absolute atomic E-state index is 13.5. The first kappa shape index (κ1) is 40.6. The Morgan fingerprint density at radius 1 is 0.918 bits per heavy atom. The molecule has 0 aliphatic carbocycles. The molecule has 0 aromatic heterocycles. The Balaban J connectivity index is 2.03. The molecule has 6 amide bonds. The number of nitrogens with one attached hydrogen (secondary N) is 5. The number of benzene rings is 1. The molecule has 5 N–H and O–H groups in total. The van der Waals surface area contributed by atoms with Crippen molar-refractivity contribution in [2.75, 3.05) is 33.3 Å². The average Bonchev–Trinajstić information content (AvgIpc) is 3.00. The van der Waals surface area contributed by atoms with Crippen molar-refractivity contribution < 1.29 is 33.4 Å². The molecule has 0 fully saturated rings. The molecule has 1 aliphatic heterocycles. The molecule has 1 aromatic rings. The van der Waals surface area contributed by atoms with Crippen molar-refractivity contribution in [2.45, 2.75) is 111 Å². The number of alkyl carbamates (subject to hydrolysis) is 2. The summed E-state index contributed by atoms with van der Waals surface area (Å²) in [5, 5.41) is 12.8. The lowest BCUT2D eigenvalue weighted by molar-refractivity contribution is 0.0549. The summed E-state index contributed by atoms with van der Waals surface area (Å²) in [7, 11) is 1.46.